The fourth-order valence-corrected chi connectivity index (χ4v) is 3.72. The number of rotatable bonds is 4. The second kappa shape index (κ2) is 7.78. The molecule has 1 saturated heterocycles. The average molecular weight is 390 g/mol. The van der Waals surface area contributed by atoms with E-state index < -0.39 is 0 Å². The van der Waals surface area contributed by atoms with Crippen LogP contribution < -0.4 is 4.74 Å². The van der Waals surface area contributed by atoms with E-state index in [1.807, 2.05) is 66.7 Å². The molecule has 1 aliphatic rings. The first-order valence-electron chi connectivity index (χ1n) is 8.69. The van der Waals surface area contributed by atoms with Gasteiger partial charge in [0.25, 0.3) is 5.91 Å². The third-order valence-corrected chi connectivity index (χ3v) is 5.30. The van der Waals surface area contributed by atoms with Gasteiger partial charge in [0.1, 0.15) is 17.3 Å². The third kappa shape index (κ3) is 3.73. The lowest BCUT2D eigenvalue weighted by Crippen LogP contribution is -2.23. The van der Waals surface area contributed by atoms with E-state index in [0.717, 1.165) is 17.0 Å². The molecule has 1 amide bonds. The molecule has 4 rings (SSSR count). The number of methoxy groups -OCH3 is 1. The Kier molecular flexibility index (Phi) is 5.04. The van der Waals surface area contributed by atoms with Gasteiger partial charge in [0.05, 0.1) is 17.7 Å². The molecular weight excluding hydrogens is 372 g/mol. The zero-order valence-electron chi connectivity index (χ0n) is 15.5. The Balaban J connectivity index is 1.58. The van der Waals surface area contributed by atoms with Gasteiger partial charge in [0.2, 0.25) is 0 Å². The molecule has 0 bridgehead atoms. The van der Waals surface area contributed by atoms with Crippen LogP contribution in [0.25, 0.3) is 17.4 Å². The average Bonchev–Trinajstić information content (AvgIpc) is 3.30. The zero-order valence-corrected chi connectivity index (χ0v) is 16.3. The number of thioether (sulfide) groups is 1. The van der Waals surface area contributed by atoms with Crippen molar-refractivity contribution >= 4 is 34.6 Å². The largest absolute Gasteiger partial charge is 0.497 e. The first-order chi connectivity index (χ1) is 13.6. The summed E-state index contributed by atoms with van der Waals surface area (Å²) in [5.74, 6) is 1.99. The van der Waals surface area contributed by atoms with Gasteiger partial charge in [-0.1, -0.05) is 30.3 Å². The molecule has 1 aromatic heterocycles. The summed E-state index contributed by atoms with van der Waals surface area (Å²) < 4.78 is 11.2. The maximum absolute atomic E-state index is 12.6. The summed E-state index contributed by atoms with van der Waals surface area (Å²) >= 11 is 1.34. The number of aliphatic imine (C=N–C) groups is 1. The van der Waals surface area contributed by atoms with Crippen LogP contribution in [0.3, 0.4) is 0 Å². The number of benzene rings is 2. The van der Waals surface area contributed by atoms with Crippen molar-refractivity contribution in [1.82, 2.24) is 4.90 Å². The second-order valence-electron chi connectivity index (χ2n) is 6.14. The number of likely N-dealkylation sites (N-methyl/N-ethyl adjacent to an activating group) is 1. The van der Waals surface area contributed by atoms with Crippen molar-refractivity contribution in [3.8, 4) is 17.1 Å². The Morgan fingerprint density at radius 3 is 2.68 bits per heavy atom. The number of carbonyl (C=O) groups is 1. The standard InChI is InChI=1S/C22H18N2O3S/c1-24-21(25)20(28-22(24)23-16-8-4-3-5-9-16)14-18-11-12-19(27-18)15-7-6-10-17(13-15)26-2/h3-14H,1-2H3. The number of para-hydroxylation sites is 1. The Labute approximate surface area is 167 Å². The van der Waals surface area contributed by atoms with Crippen LogP contribution in [-0.2, 0) is 4.79 Å². The van der Waals surface area contributed by atoms with E-state index in [4.69, 9.17) is 9.15 Å². The molecule has 0 N–H and O–H groups in total. The molecular formula is C22H18N2O3S. The molecule has 1 aliphatic heterocycles. The molecule has 3 aromatic rings. The molecule has 0 unspecified atom stereocenters. The van der Waals surface area contributed by atoms with Crippen molar-refractivity contribution < 1.29 is 13.9 Å². The highest BCUT2D eigenvalue weighted by Gasteiger charge is 2.30. The number of carbonyl (C=O) groups excluding carboxylic acids is 1. The molecule has 0 spiro atoms. The number of amides is 1. The van der Waals surface area contributed by atoms with Crippen molar-refractivity contribution in [2.45, 2.75) is 0 Å². The van der Waals surface area contributed by atoms with Crippen LogP contribution in [0, 0.1) is 0 Å². The van der Waals surface area contributed by atoms with Crippen molar-refractivity contribution in [3.05, 3.63) is 77.4 Å². The topological polar surface area (TPSA) is 55.0 Å². The minimum absolute atomic E-state index is 0.0981. The highest BCUT2D eigenvalue weighted by atomic mass is 32.2. The van der Waals surface area contributed by atoms with Crippen LogP contribution in [0.15, 0.2) is 81.0 Å². The summed E-state index contributed by atoms with van der Waals surface area (Å²) in [6, 6.07) is 21.0. The Bertz CT molecular complexity index is 1070. The number of hydrogen-bond donors (Lipinski definition) is 0. The van der Waals surface area contributed by atoms with Gasteiger partial charge in [-0.05, 0) is 48.2 Å². The summed E-state index contributed by atoms with van der Waals surface area (Å²) in [6.45, 7) is 0. The van der Waals surface area contributed by atoms with E-state index in [9.17, 15) is 4.79 Å². The molecule has 5 nitrogen and oxygen atoms in total. The first-order valence-corrected chi connectivity index (χ1v) is 9.51. The predicted molar refractivity (Wildman–Crippen MR) is 113 cm³/mol. The van der Waals surface area contributed by atoms with Gasteiger partial charge in [-0.15, -0.1) is 0 Å². The van der Waals surface area contributed by atoms with Crippen molar-refractivity contribution in [2.75, 3.05) is 14.2 Å². The van der Waals surface area contributed by atoms with Crippen LogP contribution in [0.4, 0.5) is 5.69 Å². The maximum atomic E-state index is 12.6. The SMILES string of the molecule is COc1cccc(-c2ccc(C=C3SC(=Nc4ccccc4)N(C)C3=O)o2)c1. The van der Waals surface area contributed by atoms with E-state index in [1.165, 1.54) is 11.8 Å². The van der Waals surface area contributed by atoms with Crippen molar-refractivity contribution in [2.24, 2.45) is 4.99 Å². The molecule has 1 fully saturated rings. The smallest absolute Gasteiger partial charge is 0.266 e. The number of furan rings is 1. The predicted octanol–water partition coefficient (Wildman–Crippen LogP) is 5.19. The maximum Gasteiger partial charge on any atom is 0.266 e. The lowest BCUT2D eigenvalue weighted by atomic mass is 10.2. The minimum Gasteiger partial charge on any atom is -0.497 e. The molecule has 28 heavy (non-hydrogen) atoms. The molecule has 140 valence electrons. The molecule has 6 heteroatoms. The quantitative estimate of drug-likeness (QED) is 0.575. The molecule has 0 saturated carbocycles. The number of amidine groups is 1. The summed E-state index contributed by atoms with van der Waals surface area (Å²) in [6.07, 6.45) is 1.75. The molecule has 0 radical (unpaired) electrons. The van der Waals surface area contributed by atoms with E-state index in [-0.39, 0.29) is 5.91 Å². The van der Waals surface area contributed by atoms with Gasteiger partial charge in [-0.2, -0.15) is 0 Å². The number of hydrogen-bond acceptors (Lipinski definition) is 5. The van der Waals surface area contributed by atoms with Crippen molar-refractivity contribution in [1.29, 1.82) is 0 Å². The van der Waals surface area contributed by atoms with Gasteiger partial charge in [0, 0.05) is 18.7 Å². The van der Waals surface area contributed by atoms with Crippen LogP contribution in [0.2, 0.25) is 0 Å². The highest BCUT2D eigenvalue weighted by Crippen LogP contribution is 2.34. The third-order valence-electron chi connectivity index (χ3n) is 4.24. The zero-order chi connectivity index (χ0) is 19.5. The number of nitrogens with zero attached hydrogens (tertiary/aromatic N) is 2. The molecule has 0 atom stereocenters. The van der Waals surface area contributed by atoms with Crippen LogP contribution in [0.5, 0.6) is 5.75 Å². The Morgan fingerprint density at radius 1 is 1.07 bits per heavy atom. The van der Waals surface area contributed by atoms with E-state index in [1.54, 1.807) is 25.1 Å². The van der Waals surface area contributed by atoms with Gasteiger partial charge in [-0.3, -0.25) is 9.69 Å². The lowest BCUT2D eigenvalue weighted by molar-refractivity contribution is -0.121. The molecule has 0 aliphatic carbocycles. The summed E-state index contributed by atoms with van der Waals surface area (Å²) in [5.41, 5.74) is 1.72. The first kappa shape index (κ1) is 18.1. The fourth-order valence-electron chi connectivity index (χ4n) is 2.76. The van der Waals surface area contributed by atoms with Crippen molar-refractivity contribution in [3.63, 3.8) is 0 Å². The second-order valence-corrected chi connectivity index (χ2v) is 7.15. The van der Waals surface area contributed by atoms with E-state index >= 15 is 0 Å². The number of ether oxygens (including phenoxy) is 1. The van der Waals surface area contributed by atoms with Crippen LogP contribution in [0.1, 0.15) is 5.76 Å². The highest BCUT2D eigenvalue weighted by molar-refractivity contribution is 8.18. The van der Waals surface area contributed by atoms with Crippen LogP contribution >= 0.6 is 11.8 Å². The van der Waals surface area contributed by atoms with E-state index in [0.29, 0.717) is 21.6 Å². The van der Waals surface area contributed by atoms with E-state index in [2.05, 4.69) is 4.99 Å². The summed E-state index contributed by atoms with van der Waals surface area (Å²) in [4.78, 5) is 19.2. The van der Waals surface area contributed by atoms with Gasteiger partial charge >= 0.3 is 0 Å². The summed E-state index contributed by atoms with van der Waals surface area (Å²) in [7, 11) is 3.35. The normalized spacial score (nSPS) is 16.9. The van der Waals surface area contributed by atoms with Gasteiger partial charge in [0.15, 0.2) is 5.17 Å². The van der Waals surface area contributed by atoms with Crippen LogP contribution in [-0.4, -0.2) is 30.1 Å². The lowest BCUT2D eigenvalue weighted by Gasteiger charge is -2.06. The Hall–Kier alpha value is -3.25. The Morgan fingerprint density at radius 2 is 1.89 bits per heavy atom. The molecule has 2 aromatic carbocycles. The minimum atomic E-state index is -0.0981. The monoisotopic (exact) mass is 390 g/mol. The van der Waals surface area contributed by atoms with Gasteiger partial charge < -0.3 is 9.15 Å². The molecule has 2 heterocycles. The van der Waals surface area contributed by atoms with Gasteiger partial charge in [-0.25, -0.2) is 4.99 Å². The summed E-state index contributed by atoms with van der Waals surface area (Å²) in [5, 5.41) is 0.641. The fraction of sp³-hybridized carbons (Fsp3) is 0.0909.